The van der Waals surface area contributed by atoms with Gasteiger partial charge in [-0.3, -0.25) is 5.32 Å². The van der Waals surface area contributed by atoms with Crippen molar-refractivity contribution in [1.82, 2.24) is 5.32 Å². The summed E-state index contributed by atoms with van der Waals surface area (Å²) in [6.45, 7) is 10.5. The van der Waals surface area contributed by atoms with Crippen LogP contribution in [0.3, 0.4) is 0 Å². The van der Waals surface area contributed by atoms with Gasteiger partial charge in [-0.05, 0) is 97.7 Å². The molecule has 2 heterocycles. The predicted octanol–water partition coefficient (Wildman–Crippen LogP) is 3.31. The molecule has 6 unspecified atom stereocenters. The van der Waals surface area contributed by atoms with Gasteiger partial charge in [-0.1, -0.05) is 27.7 Å². The summed E-state index contributed by atoms with van der Waals surface area (Å²) in [4.78, 5) is 0. The lowest BCUT2D eigenvalue weighted by molar-refractivity contribution is -0.215. The fraction of sp³-hybridized carbons (Fsp3) is 1.00. The number of fused-ring (bicyclic) bond motifs is 7. The van der Waals surface area contributed by atoms with Crippen LogP contribution in [0.2, 0.25) is 0 Å². The Kier molecular flexibility index (Phi) is 4.99. The zero-order valence-electron chi connectivity index (χ0n) is 20.5. The molecule has 182 valence electrons. The van der Waals surface area contributed by atoms with E-state index in [1.54, 1.807) is 0 Å². The Balaban J connectivity index is 1.32. The molecule has 0 aromatic carbocycles. The van der Waals surface area contributed by atoms with E-state index >= 15 is 0 Å². The van der Waals surface area contributed by atoms with Gasteiger partial charge in [0.1, 0.15) is 5.72 Å². The zero-order chi connectivity index (χ0) is 22.6. The molecular weight excluding hydrogens is 402 g/mol. The Bertz CT molecular complexity index is 752. The number of aliphatic hydroxyl groups excluding tert-OH is 3. The Morgan fingerprint density at radius 2 is 1.66 bits per heavy atom. The van der Waals surface area contributed by atoms with E-state index in [-0.39, 0.29) is 52.8 Å². The molecule has 4 aliphatic carbocycles. The molecule has 6 fully saturated rings. The SMILES string of the molecule is CC1CCC2(NC1)O[C@H]1C[C@H]3[C@@H]4C(O)CC5CC(O)CC[C@]5(C)[C@H]4C(O)C[C@]3(C)[C@H]1[C@@H]2C. The smallest absolute Gasteiger partial charge is 0.122 e. The molecule has 2 aliphatic heterocycles. The molecule has 2 saturated heterocycles. The molecule has 0 aromatic rings. The maximum atomic E-state index is 11.7. The molecule has 0 aromatic heterocycles. The Morgan fingerprint density at radius 1 is 0.875 bits per heavy atom. The summed E-state index contributed by atoms with van der Waals surface area (Å²) in [5, 5.41) is 37.3. The first-order valence-electron chi connectivity index (χ1n) is 13.6. The maximum absolute atomic E-state index is 11.7. The molecule has 5 nitrogen and oxygen atoms in total. The highest BCUT2D eigenvalue weighted by Gasteiger charge is 2.71. The van der Waals surface area contributed by atoms with Crippen LogP contribution in [0.15, 0.2) is 0 Å². The first-order chi connectivity index (χ1) is 15.1. The monoisotopic (exact) mass is 447 g/mol. The fourth-order valence-corrected chi connectivity index (χ4v) is 10.5. The maximum Gasteiger partial charge on any atom is 0.122 e. The second kappa shape index (κ2) is 7.16. The van der Waals surface area contributed by atoms with E-state index in [0.29, 0.717) is 29.6 Å². The van der Waals surface area contributed by atoms with Crippen molar-refractivity contribution in [3.63, 3.8) is 0 Å². The van der Waals surface area contributed by atoms with Gasteiger partial charge in [-0.15, -0.1) is 0 Å². The molecule has 0 radical (unpaired) electrons. The van der Waals surface area contributed by atoms with Crippen molar-refractivity contribution in [2.45, 2.75) is 109 Å². The number of ether oxygens (including phenoxy) is 1. The number of rotatable bonds is 0. The molecule has 1 spiro atoms. The third-order valence-corrected chi connectivity index (χ3v) is 12.1. The largest absolute Gasteiger partial charge is 0.393 e. The first kappa shape index (κ1) is 22.3. The van der Waals surface area contributed by atoms with Crippen molar-refractivity contribution in [3.05, 3.63) is 0 Å². The second-order valence-corrected chi connectivity index (χ2v) is 13.5. The van der Waals surface area contributed by atoms with Crippen molar-refractivity contribution >= 4 is 0 Å². The number of aliphatic hydroxyl groups is 3. The average molecular weight is 448 g/mol. The Hall–Kier alpha value is -0.200. The summed E-state index contributed by atoms with van der Waals surface area (Å²) in [5.41, 5.74) is -0.160. The van der Waals surface area contributed by atoms with Crippen LogP contribution in [-0.4, -0.2) is 52.0 Å². The van der Waals surface area contributed by atoms with Crippen molar-refractivity contribution < 1.29 is 20.1 Å². The van der Waals surface area contributed by atoms with Gasteiger partial charge in [-0.2, -0.15) is 0 Å². The lowest BCUT2D eigenvalue weighted by atomic mass is 9.43. The number of hydrogen-bond donors (Lipinski definition) is 4. The molecule has 0 amide bonds. The van der Waals surface area contributed by atoms with Gasteiger partial charge in [-0.25, -0.2) is 0 Å². The summed E-state index contributed by atoms with van der Waals surface area (Å²) >= 11 is 0. The van der Waals surface area contributed by atoms with Crippen molar-refractivity contribution in [2.24, 2.45) is 52.3 Å². The average Bonchev–Trinajstić information content (AvgIpc) is 3.16. The van der Waals surface area contributed by atoms with Gasteiger partial charge < -0.3 is 20.1 Å². The van der Waals surface area contributed by atoms with Gasteiger partial charge in [0.05, 0.1) is 24.4 Å². The third-order valence-electron chi connectivity index (χ3n) is 12.1. The predicted molar refractivity (Wildman–Crippen MR) is 123 cm³/mol. The van der Waals surface area contributed by atoms with Crippen LogP contribution >= 0.6 is 0 Å². The minimum atomic E-state index is -0.376. The molecular formula is C27H45NO4. The minimum Gasteiger partial charge on any atom is -0.393 e. The second-order valence-electron chi connectivity index (χ2n) is 13.5. The highest BCUT2D eigenvalue weighted by atomic mass is 16.5. The molecule has 0 bridgehead atoms. The van der Waals surface area contributed by atoms with Crippen LogP contribution in [-0.2, 0) is 4.74 Å². The van der Waals surface area contributed by atoms with E-state index in [0.717, 1.165) is 51.5 Å². The van der Waals surface area contributed by atoms with Crippen LogP contribution in [0.25, 0.3) is 0 Å². The lowest BCUT2D eigenvalue weighted by Crippen LogP contribution is -2.63. The summed E-state index contributed by atoms with van der Waals surface area (Å²) < 4.78 is 6.92. The minimum absolute atomic E-state index is 0.0112. The normalized spacial score (nSPS) is 64.0. The summed E-state index contributed by atoms with van der Waals surface area (Å²) in [7, 11) is 0. The molecule has 6 aliphatic rings. The summed E-state index contributed by atoms with van der Waals surface area (Å²) in [5.74, 6) is 2.58. The Morgan fingerprint density at radius 3 is 2.38 bits per heavy atom. The lowest BCUT2D eigenvalue weighted by Gasteiger charge is -2.63. The summed E-state index contributed by atoms with van der Waals surface area (Å²) in [6.07, 6.45) is 6.76. The highest BCUT2D eigenvalue weighted by Crippen LogP contribution is 2.71. The number of piperidine rings is 1. The van der Waals surface area contributed by atoms with Crippen LogP contribution in [0.1, 0.15) is 79.1 Å². The highest BCUT2D eigenvalue weighted by molar-refractivity contribution is 5.19. The van der Waals surface area contributed by atoms with E-state index in [1.807, 2.05) is 0 Å². The van der Waals surface area contributed by atoms with Gasteiger partial charge in [0, 0.05) is 12.5 Å². The third kappa shape index (κ3) is 2.81. The van der Waals surface area contributed by atoms with Crippen LogP contribution in [0.4, 0.5) is 0 Å². The fourth-order valence-electron chi connectivity index (χ4n) is 10.5. The number of hydrogen-bond acceptors (Lipinski definition) is 5. The quantitative estimate of drug-likeness (QED) is 0.458. The Labute approximate surface area is 193 Å². The van der Waals surface area contributed by atoms with Crippen LogP contribution in [0, 0.1) is 52.3 Å². The molecule has 32 heavy (non-hydrogen) atoms. The van der Waals surface area contributed by atoms with Crippen LogP contribution in [0.5, 0.6) is 0 Å². The molecule has 6 rings (SSSR count). The van der Waals surface area contributed by atoms with Gasteiger partial charge in [0.15, 0.2) is 0 Å². The molecule has 5 heteroatoms. The van der Waals surface area contributed by atoms with Gasteiger partial charge >= 0.3 is 0 Å². The van der Waals surface area contributed by atoms with E-state index in [9.17, 15) is 15.3 Å². The van der Waals surface area contributed by atoms with E-state index in [4.69, 9.17) is 4.74 Å². The molecule has 4 N–H and O–H groups in total. The molecule has 4 saturated carbocycles. The van der Waals surface area contributed by atoms with Crippen molar-refractivity contribution in [2.75, 3.05) is 6.54 Å². The standard InChI is InChI=1S/C27H45NO4/c1-14-5-8-27(28-13-14)15(2)23-21(32-27)11-18-22-19(30)10-16-9-17(29)6-7-25(16,3)24(22)20(31)12-26(18,23)4/h14-24,28-31H,5-13H2,1-4H3/t14?,15-,16?,17?,18-,19?,20?,21-,22+,23-,24-,25-,26-,27?/m0/s1. The molecule has 14 atom stereocenters. The number of nitrogens with one attached hydrogen (secondary N) is 1. The van der Waals surface area contributed by atoms with E-state index < -0.39 is 0 Å². The van der Waals surface area contributed by atoms with E-state index in [2.05, 4.69) is 33.0 Å². The van der Waals surface area contributed by atoms with Gasteiger partial charge in [0.25, 0.3) is 0 Å². The zero-order valence-corrected chi connectivity index (χ0v) is 20.5. The summed E-state index contributed by atoms with van der Waals surface area (Å²) in [6, 6.07) is 0. The topological polar surface area (TPSA) is 82.0 Å². The first-order valence-corrected chi connectivity index (χ1v) is 13.6. The van der Waals surface area contributed by atoms with Crippen molar-refractivity contribution in [1.29, 1.82) is 0 Å². The van der Waals surface area contributed by atoms with E-state index in [1.165, 1.54) is 6.42 Å². The van der Waals surface area contributed by atoms with Crippen molar-refractivity contribution in [3.8, 4) is 0 Å². The van der Waals surface area contributed by atoms with Crippen LogP contribution < -0.4 is 5.32 Å². The van der Waals surface area contributed by atoms with Gasteiger partial charge in [0.2, 0.25) is 0 Å².